The molecule has 4 nitrogen and oxygen atoms in total. The van der Waals surface area contributed by atoms with Gasteiger partial charge in [0.2, 0.25) is 10.0 Å². The molecule has 0 aromatic heterocycles. The molecule has 1 saturated carbocycles. The molecule has 1 aliphatic heterocycles. The zero-order valence-corrected chi connectivity index (χ0v) is 14.5. The van der Waals surface area contributed by atoms with Gasteiger partial charge >= 0.3 is 0 Å². The Hall–Kier alpha value is -0.130. The number of nitrogens with zero attached hydrogens (tertiary/aromatic N) is 1. The maximum absolute atomic E-state index is 11.7. The third kappa shape index (κ3) is 5.22. The van der Waals surface area contributed by atoms with E-state index in [1.807, 2.05) is 0 Å². The number of sulfonamides is 1. The molecule has 1 aliphatic carbocycles. The SMILES string of the molecule is CCCNCC1CCCC1CC1CCCN(S(C)(=O)=O)C1. The maximum Gasteiger partial charge on any atom is 0.211 e. The lowest BCUT2D eigenvalue weighted by Gasteiger charge is -2.33. The van der Waals surface area contributed by atoms with Gasteiger partial charge in [-0.05, 0) is 62.9 Å². The standard InChI is InChI=1S/C16H32N2O2S/c1-3-9-17-12-16-8-4-7-15(16)11-14-6-5-10-18(13-14)21(2,19)20/h14-17H,3-13H2,1-2H3. The summed E-state index contributed by atoms with van der Waals surface area (Å²) in [5.74, 6) is 2.19. The van der Waals surface area contributed by atoms with Gasteiger partial charge in [0.1, 0.15) is 0 Å². The summed E-state index contributed by atoms with van der Waals surface area (Å²) in [6.07, 6.45) is 10.1. The molecular weight excluding hydrogens is 284 g/mol. The van der Waals surface area contributed by atoms with Crippen LogP contribution in [0.15, 0.2) is 0 Å². The molecule has 0 aromatic rings. The van der Waals surface area contributed by atoms with Crippen molar-refractivity contribution in [2.75, 3.05) is 32.4 Å². The Morgan fingerprint density at radius 1 is 1.14 bits per heavy atom. The summed E-state index contributed by atoms with van der Waals surface area (Å²) in [5, 5.41) is 3.57. The molecule has 0 radical (unpaired) electrons. The number of hydrogen-bond acceptors (Lipinski definition) is 3. The minimum absolute atomic E-state index is 0.574. The van der Waals surface area contributed by atoms with Crippen LogP contribution in [0.5, 0.6) is 0 Å². The van der Waals surface area contributed by atoms with Gasteiger partial charge in [0.05, 0.1) is 6.26 Å². The van der Waals surface area contributed by atoms with Gasteiger partial charge in [-0.2, -0.15) is 0 Å². The largest absolute Gasteiger partial charge is 0.316 e. The summed E-state index contributed by atoms with van der Waals surface area (Å²) in [7, 11) is -3.00. The Bertz CT molecular complexity index is 411. The van der Waals surface area contributed by atoms with Crippen molar-refractivity contribution >= 4 is 10.0 Å². The van der Waals surface area contributed by atoms with Gasteiger partial charge in [-0.25, -0.2) is 12.7 Å². The van der Waals surface area contributed by atoms with Crippen molar-refractivity contribution in [2.45, 2.75) is 51.9 Å². The molecule has 124 valence electrons. The monoisotopic (exact) mass is 316 g/mol. The van der Waals surface area contributed by atoms with Crippen LogP contribution in [0.1, 0.15) is 51.9 Å². The molecule has 1 N–H and O–H groups in total. The van der Waals surface area contributed by atoms with E-state index in [1.165, 1.54) is 44.8 Å². The Labute approximate surface area is 130 Å². The van der Waals surface area contributed by atoms with E-state index in [-0.39, 0.29) is 0 Å². The fourth-order valence-corrected chi connectivity index (χ4v) is 5.05. The van der Waals surface area contributed by atoms with Gasteiger partial charge < -0.3 is 5.32 Å². The van der Waals surface area contributed by atoms with Gasteiger partial charge in [-0.15, -0.1) is 0 Å². The summed E-state index contributed by atoms with van der Waals surface area (Å²) in [6, 6.07) is 0. The van der Waals surface area contributed by atoms with Crippen LogP contribution in [-0.2, 0) is 10.0 Å². The molecule has 5 heteroatoms. The van der Waals surface area contributed by atoms with Crippen molar-refractivity contribution in [3.05, 3.63) is 0 Å². The van der Waals surface area contributed by atoms with Crippen LogP contribution < -0.4 is 5.32 Å². The second-order valence-electron chi connectivity index (χ2n) is 7.02. The van der Waals surface area contributed by atoms with Crippen molar-refractivity contribution in [1.29, 1.82) is 0 Å². The predicted octanol–water partition coefficient (Wildman–Crippen LogP) is 2.46. The van der Waals surface area contributed by atoms with E-state index in [9.17, 15) is 8.42 Å². The van der Waals surface area contributed by atoms with Crippen molar-refractivity contribution in [1.82, 2.24) is 9.62 Å². The molecule has 0 spiro atoms. The van der Waals surface area contributed by atoms with Crippen molar-refractivity contribution < 1.29 is 8.42 Å². The topological polar surface area (TPSA) is 49.4 Å². The Kier molecular flexibility index (Phi) is 6.51. The first-order valence-electron chi connectivity index (χ1n) is 8.66. The van der Waals surface area contributed by atoms with E-state index >= 15 is 0 Å². The van der Waals surface area contributed by atoms with Crippen LogP contribution in [-0.4, -0.2) is 45.2 Å². The number of rotatable bonds is 7. The second-order valence-corrected chi connectivity index (χ2v) is 9.00. The highest BCUT2D eigenvalue weighted by molar-refractivity contribution is 7.88. The van der Waals surface area contributed by atoms with Crippen LogP contribution in [0.3, 0.4) is 0 Å². The van der Waals surface area contributed by atoms with Crippen molar-refractivity contribution in [3.63, 3.8) is 0 Å². The first-order chi connectivity index (χ1) is 10.0. The average Bonchev–Trinajstić information content (AvgIpc) is 2.86. The van der Waals surface area contributed by atoms with Crippen LogP contribution in [0.25, 0.3) is 0 Å². The van der Waals surface area contributed by atoms with E-state index < -0.39 is 10.0 Å². The van der Waals surface area contributed by atoms with Gasteiger partial charge in [0.25, 0.3) is 0 Å². The number of hydrogen-bond donors (Lipinski definition) is 1. The highest BCUT2D eigenvalue weighted by Crippen LogP contribution is 2.37. The first kappa shape index (κ1) is 17.2. The van der Waals surface area contributed by atoms with Gasteiger partial charge in [0, 0.05) is 13.1 Å². The summed E-state index contributed by atoms with van der Waals surface area (Å²) < 4.78 is 25.1. The molecule has 2 rings (SSSR count). The molecular formula is C16H32N2O2S. The smallest absolute Gasteiger partial charge is 0.211 e. The fraction of sp³-hybridized carbons (Fsp3) is 1.00. The summed E-state index contributed by atoms with van der Waals surface area (Å²) in [4.78, 5) is 0. The van der Waals surface area contributed by atoms with Crippen molar-refractivity contribution in [2.24, 2.45) is 17.8 Å². The van der Waals surface area contributed by atoms with Crippen LogP contribution in [0, 0.1) is 17.8 Å². The molecule has 0 amide bonds. The van der Waals surface area contributed by atoms with Gasteiger partial charge in [-0.3, -0.25) is 0 Å². The Morgan fingerprint density at radius 2 is 1.90 bits per heavy atom. The quantitative estimate of drug-likeness (QED) is 0.734. The average molecular weight is 317 g/mol. The molecule has 2 fully saturated rings. The van der Waals surface area contributed by atoms with Crippen LogP contribution >= 0.6 is 0 Å². The Morgan fingerprint density at radius 3 is 2.62 bits per heavy atom. The van der Waals surface area contributed by atoms with Gasteiger partial charge in [0.15, 0.2) is 0 Å². The van der Waals surface area contributed by atoms with Gasteiger partial charge in [-0.1, -0.05) is 19.8 Å². The zero-order chi connectivity index (χ0) is 15.3. The lowest BCUT2D eigenvalue weighted by atomic mass is 9.83. The summed E-state index contributed by atoms with van der Waals surface area (Å²) in [6.45, 7) is 5.96. The van der Waals surface area contributed by atoms with E-state index in [0.717, 1.165) is 44.4 Å². The van der Waals surface area contributed by atoms with E-state index in [2.05, 4.69) is 12.2 Å². The molecule has 3 atom stereocenters. The fourth-order valence-electron chi connectivity index (χ4n) is 4.11. The lowest BCUT2D eigenvalue weighted by Crippen LogP contribution is -2.40. The third-order valence-corrected chi connectivity index (χ3v) is 6.51. The second kappa shape index (κ2) is 7.93. The van der Waals surface area contributed by atoms with E-state index in [1.54, 1.807) is 4.31 Å². The van der Waals surface area contributed by atoms with Crippen molar-refractivity contribution in [3.8, 4) is 0 Å². The highest BCUT2D eigenvalue weighted by Gasteiger charge is 2.32. The number of nitrogens with one attached hydrogen (secondary N) is 1. The lowest BCUT2D eigenvalue weighted by molar-refractivity contribution is 0.210. The zero-order valence-electron chi connectivity index (χ0n) is 13.7. The summed E-state index contributed by atoms with van der Waals surface area (Å²) >= 11 is 0. The van der Waals surface area contributed by atoms with E-state index in [0.29, 0.717) is 5.92 Å². The number of piperidine rings is 1. The predicted molar refractivity (Wildman–Crippen MR) is 87.7 cm³/mol. The molecule has 1 heterocycles. The third-order valence-electron chi connectivity index (χ3n) is 5.24. The minimum Gasteiger partial charge on any atom is -0.316 e. The molecule has 3 unspecified atom stereocenters. The minimum atomic E-state index is -3.00. The first-order valence-corrected chi connectivity index (χ1v) is 10.5. The Balaban J connectivity index is 1.82. The van der Waals surface area contributed by atoms with Crippen LogP contribution in [0.2, 0.25) is 0 Å². The van der Waals surface area contributed by atoms with Crippen LogP contribution in [0.4, 0.5) is 0 Å². The molecule has 2 aliphatic rings. The molecule has 1 saturated heterocycles. The molecule has 21 heavy (non-hydrogen) atoms. The summed E-state index contributed by atoms with van der Waals surface area (Å²) in [5.41, 5.74) is 0. The molecule has 0 aromatic carbocycles. The molecule has 0 bridgehead atoms. The van der Waals surface area contributed by atoms with E-state index in [4.69, 9.17) is 0 Å². The maximum atomic E-state index is 11.7. The normalized spacial score (nSPS) is 31.6. The highest BCUT2D eigenvalue weighted by atomic mass is 32.2.